The van der Waals surface area contributed by atoms with E-state index in [0.717, 1.165) is 6.92 Å². The highest BCUT2D eigenvalue weighted by Gasteiger charge is 2.40. The lowest BCUT2D eigenvalue weighted by atomic mass is 10.0. The smallest absolute Gasteiger partial charge is 0.332 e. The number of carbonyl (C=O) groups excluding carboxylic acids is 3. The second kappa shape index (κ2) is 9.41. The van der Waals surface area contributed by atoms with Gasteiger partial charge < -0.3 is 5.32 Å². The van der Waals surface area contributed by atoms with Gasteiger partial charge >= 0.3 is 6.03 Å². The van der Waals surface area contributed by atoms with E-state index in [0.29, 0.717) is 17.5 Å². The van der Waals surface area contributed by atoms with Gasteiger partial charge in [-0.1, -0.05) is 6.08 Å². The maximum Gasteiger partial charge on any atom is 0.345 e. The van der Waals surface area contributed by atoms with Gasteiger partial charge in [0.05, 0.1) is 11.9 Å². The van der Waals surface area contributed by atoms with Gasteiger partial charge in [-0.25, -0.2) is 17.6 Å². The third kappa shape index (κ3) is 5.57. The molecule has 0 aromatic carbocycles. The van der Waals surface area contributed by atoms with Crippen LogP contribution in [0.2, 0.25) is 0 Å². The summed E-state index contributed by atoms with van der Waals surface area (Å²) in [7, 11) is -4.22. The number of rotatable bonds is 7. The zero-order chi connectivity index (χ0) is 23.5. The van der Waals surface area contributed by atoms with Crippen LogP contribution < -0.4 is 5.32 Å². The molecule has 0 spiro atoms. The fourth-order valence-electron chi connectivity index (χ4n) is 3.15. The molecule has 1 N–H and O–H groups in total. The molecule has 12 heteroatoms. The molecule has 31 heavy (non-hydrogen) atoms. The normalized spacial score (nSPS) is 17.8. The van der Waals surface area contributed by atoms with E-state index in [4.69, 9.17) is 0 Å². The van der Waals surface area contributed by atoms with E-state index in [-0.39, 0.29) is 34.0 Å². The van der Waals surface area contributed by atoms with Crippen molar-refractivity contribution < 1.29 is 27.2 Å². The Bertz CT molecular complexity index is 1040. The molecule has 1 aliphatic heterocycles. The molecule has 1 unspecified atom stereocenters. The third-order valence-electron chi connectivity index (χ3n) is 4.34. The van der Waals surface area contributed by atoms with Crippen molar-refractivity contribution in [3.8, 4) is 0 Å². The number of aromatic nitrogens is 2. The first kappa shape index (κ1) is 24.3. The molecule has 0 saturated carbocycles. The van der Waals surface area contributed by atoms with Crippen molar-refractivity contribution in [3.05, 3.63) is 35.7 Å². The summed E-state index contributed by atoms with van der Waals surface area (Å²) in [4.78, 5) is 36.8. The summed E-state index contributed by atoms with van der Waals surface area (Å²) in [5, 5.41) is 6.87. The summed E-state index contributed by atoms with van der Waals surface area (Å²) in [6.45, 7) is 5.98. The van der Waals surface area contributed by atoms with Crippen molar-refractivity contribution in [2.75, 3.05) is 12.8 Å². The Hall–Kier alpha value is -3.02. The quantitative estimate of drug-likeness (QED) is 0.626. The minimum atomic E-state index is -4.22. The van der Waals surface area contributed by atoms with Gasteiger partial charge in [-0.05, 0) is 44.9 Å². The van der Waals surface area contributed by atoms with Gasteiger partial charge in [0.15, 0.2) is 0 Å². The lowest BCUT2D eigenvalue weighted by Crippen LogP contribution is -2.61. The number of amides is 4. The number of allylic oxidation sites excluding steroid dienone is 3. The predicted octanol–water partition coefficient (Wildman–Crippen LogP) is 1.80. The van der Waals surface area contributed by atoms with Crippen LogP contribution in [0.1, 0.15) is 45.9 Å². The molecule has 1 aromatic heterocycles. The molecule has 1 atom stereocenters. The molecule has 1 saturated heterocycles. The SMILES string of the molecule is CC(=O)N(N1C(=O)NCC(=CCC(=CC(C)F)c2ccnn2C(C)C)C1=O)S(C)(=O)=O. The molecule has 0 aliphatic carbocycles. The Labute approximate surface area is 180 Å². The average Bonchev–Trinajstić information content (AvgIpc) is 3.11. The number of urea groups is 1. The number of halogens is 1. The summed E-state index contributed by atoms with van der Waals surface area (Å²) in [5.41, 5.74) is 1.29. The molecular weight excluding hydrogens is 429 g/mol. The number of alkyl halides is 1. The summed E-state index contributed by atoms with van der Waals surface area (Å²) in [5.74, 6) is -1.96. The highest BCUT2D eigenvalue weighted by molar-refractivity contribution is 7.88. The van der Waals surface area contributed by atoms with Gasteiger partial charge in [0, 0.05) is 31.3 Å². The van der Waals surface area contributed by atoms with E-state index in [1.807, 2.05) is 13.8 Å². The summed E-state index contributed by atoms with van der Waals surface area (Å²) in [6, 6.07) is 0.708. The number of hydrazine groups is 1. The Kier molecular flexibility index (Phi) is 7.37. The minimum absolute atomic E-state index is 0.0148. The van der Waals surface area contributed by atoms with Crippen LogP contribution in [0.3, 0.4) is 0 Å². The molecule has 0 radical (unpaired) electrons. The summed E-state index contributed by atoms with van der Waals surface area (Å²) in [6.07, 6.45) is 4.03. The third-order valence-corrected chi connectivity index (χ3v) is 5.39. The molecule has 170 valence electrons. The van der Waals surface area contributed by atoms with Crippen molar-refractivity contribution in [1.82, 2.24) is 24.5 Å². The first-order valence-corrected chi connectivity index (χ1v) is 11.4. The second-order valence-corrected chi connectivity index (χ2v) is 9.17. The van der Waals surface area contributed by atoms with Gasteiger partial charge in [0.1, 0.15) is 6.17 Å². The fourth-order valence-corrected chi connectivity index (χ4v) is 4.06. The number of imide groups is 1. The van der Waals surface area contributed by atoms with Gasteiger partial charge in [0.2, 0.25) is 0 Å². The fraction of sp³-hybridized carbons (Fsp3) is 0.474. The van der Waals surface area contributed by atoms with E-state index in [9.17, 15) is 27.2 Å². The zero-order valence-electron chi connectivity index (χ0n) is 18.0. The molecule has 1 aromatic rings. The first-order chi connectivity index (χ1) is 14.3. The monoisotopic (exact) mass is 455 g/mol. The van der Waals surface area contributed by atoms with Gasteiger partial charge in [-0.3, -0.25) is 14.3 Å². The number of nitrogens with zero attached hydrogens (tertiary/aromatic N) is 4. The molecule has 1 fully saturated rings. The topological polar surface area (TPSA) is 122 Å². The molecule has 2 rings (SSSR count). The minimum Gasteiger partial charge on any atom is -0.332 e. The zero-order valence-corrected chi connectivity index (χ0v) is 18.8. The predicted molar refractivity (Wildman–Crippen MR) is 111 cm³/mol. The van der Waals surface area contributed by atoms with Crippen LogP contribution in [0.25, 0.3) is 5.57 Å². The van der Waals surface area contributed by atoms with Crippen LogP contribution in [0.15, 0.2) is 30.0 Å². The maximum atomic E-state index is 13.8. The summed E-state index contributed by atoms with van der Waals surface area (Å²) < 4.78 is 39.5. The Morgan fingerprint density at radius 2 is 2.00 bits per heavy atom. The average molecular weight is 456 g/mol. The van der Waals surface area contributed by atoms with Crippen molar-refractivity contribution >= 4 is 33.4 Å². The van der Waals surface area contributed by atoms with Crippen molar-refractivity contribution in [2.24, 2.45) is 0 Å². The molecule has 10 nitrogen and oxygen atoms in total. The molecule has 2 heterocycles. The highest BCUT2D eigenvalue weighted by atomic mass is 32.2. The van der Waals surface area contributed by atoms with E-state index < -0.39 is 34.0 Å². The second-order valence-electron chi connectivity index (χ2n) is 7.36. The molecule has 1 aliphatic rings. The van der Waals surface area contributed by atoms with Crippen LogP contribution in [0, 0.1) is 0 Å². The standard InChI is InChI=1S/C19H26FN5O5S/c1-12(2)23-17(8-9-22-23)15(10-13(3)20)6-7-16-11-21-19(28)24(18(16)27)25(14(4)26)31(5,29)30/h7-10,12-13H,6,11H2,1-5H3,(H,21,28). The Morgan fingerprint density at radius 3 is 2.52 bits per heavy atom. The van der Waals surface area contributed by atoms with Crippen molar-refractivity contribution in [3.63, 3.8) is 0 Å². The van der Waals surface area contributed by atoms with E-state index in [1.165, 1.54) is 19.1 Å². The van der Waals surface area contributed by atoms with Crippen LogP contribution in [-0.4, -0.2) is 64.4 Å². The first-order valence-electron chi connectivity index (χ1n) is 9.55. The largest absolute Gasteiger partial charge is 0.345 e. The number of carbonyl (C=O) groups is 3. The molecular formula is C19H26FN5O5S. The number of nitrogens with one attached hydrogen (secondary N) is 1. The van der Waals surface area contributed by atoms with E-state index in [2.05, 4.69) is 10.4 Å². The van der Waals surface area contributed by atoms with Crippen molar-refractivity contribution in [1.29, 1.82) is 0 Å². The van der Waals surface area contributed by atoms with Crippen molar-refractivity contribution in [2.45, 2.75) is 46.3 Å². The maximum absolute atomic E-state index is 13.8. The van der Waals surface area contributed by atoms with Gasteiger partial charge in [0.25, 0.3) is 21.8 Å². The Morgan fingerprint density at radius 1 is 1.35 bits per heavy atom. The van der Waals surface area contributed by atoms with Gasteiger partial charge in [-0.2, -0.15) is 5.10 Å². The number of sulfonamides is 1. The lowest BCUT2D eigenvalue weighted by molar-refractivity contribution is -0.144. The molecule has 4 amide bonds. The van der Waals surface area contributed by atoms with E-state index in [1.54, 1.807) is 16.9 Å². The van der Waals surface area contributed by atoms with Crippen LogP contribution in [0.5, 0.6) is 0 Å². The highest BCUT2D eigenvalue weighted by Crippen LogP contribution is 2.24. The van der Waals surface area contributed by atoms with Crippen LogP contribution >= 0.6 is 0 Å². The van der Waals surface area contributed by atoms with Gasteiger partial charge in [-0.15, -0.1) is 9.42 Å². The lowest BCUT2D eigenvalue weighted by Gasteiger charge is -2.33. The Balaban J connectivity index is 2.41. The number of hydrogen-bond acceptors (Lipinski definition) is 6. The number of hydrogen-bond donors (Lipinski definition) is 1. The van der Waals surface area contributed by atoms with Crippen LogP contribution in [-0.2, 0) is 19.6 Å². The summed E-state index contributed by atoms with van der Waals surface area (Å²) >= 11 is 0. The molecule has 0 bridgehead atoms. The van der Waals surface area contributed by atoms with E-state index >= 15 is 0 Å². The van der Waals surface area contributed by atoms with Crippen LogP contribution in [0.4, 0.5) is 9.18 Å².